The Morgan fingerprint density at radius 1 is 0.378 bits per heavy atom. The van der Waals surface area contributed by atoms with Gasteiger partial charge in [0.05, 0.1) is 22.1 Å². The zero-order chi connectivity index (χ0) is 51.4. The molecule has 0 bridgehead atoms. The molecule has 11 aromatic rings. The Hall–Kier alpha value is -7.82. The van der Waals surface area contributed by atoms with Crippen LogP contribution < -0.4 is 9.80 Å². The number of para-hydroxylation sites is 4. The molecule has 0 N–H and O–H groups in total. The van der Waals surface area contributed by atoms with Crippen LogP contribution in [0.1, 0.15) is 114 Å². The van der Waals surface area contributed by atoms with Crippen molar-refractivity contribution in [3.63, 3.8) is 0 Å². The van der Waals surface area contributed by atoms with Gasteiger partial charge < -0.3 is 18.6 Å². The van der Waals surface area contributed by atoms with Gasteiger partial charge in [-0.15, -0.1) is 0 Å². The number of nitrogens with zero attached hydrogens (tertiary/aromatic N) is 2. The van der Waals surface area contributed by atoms with Gasteiger partial charge in [-0.3, -0.25) is 0 Å². The molecular weight excluding hydrogens is 901 g/mol. The van der Waals surface area contributed by atoms with Crippen LogP contribution >= 0.6 is 0 Å². The first-order valence-electron chi connectivity index (χ1n) is 26.4. The fraction of sp³-hybridized carbons (Fsp3) is 0.229. The molecule has 0 saturated heterocycles. The summed E-state index contributed by atoms with van der Waals surface area (Å²) in [5.41, 5.74) is 24.6. The van der Waals surface area contributed by atoms with Crippen molar-refractivity contribution in [3.8, 4) is 22.3 Å². The van der Waals surface area contributed by atoms with Crippen LogP contribution in [0.15, 0.2) is 179 Å². The minimum Gasteiger partial charge on any atom is -0.455 e. The van der Waals surface area contributed by atoms with E-state index in [4.69, 9.17) is 8.83 Å². The predicted molar refractivity (Wildman–Crippen MR) is 312 cm³/mol. The molecule has 2 aliphatic rings. The van der Waals surface area contributed by atoms with Crippen molar-refractivity contribution in [1.82, 2.24) is 0 Å². The van der Waals surface area contributed by atoms with Crippen molar-refractivity contribution >= 4 is 78.0 Å². The van der Waals surface area contributed by atoms with Crippen LogP contribution in [0.25, 0.3) is 66.1 Å². The van der Waals surface area contributed by atoms with E-state index >= 15 is 0 Å². The summed E-state index contributed by atoms with van der Waals surface area (Å²) in [6, 6.07) is 63.1. The molecule has 0 fully saturated rings. The number of anilines is 6. The van der Waals surface area contributed by atoms with Crippen LogP contribution in [0.4, 0.5) is 34.1 Å². The maximum absolute atomic E-state index is 7.24. The van der Waals surface area contributed by atoms with Gasteiger partial charge in [0.15, 0.2) is 0 Å². The molecule has 0 atom stereocenters. The highest BCUT2D eigenvalue weighted by Crippen LogP contribution is 2.62. The number of benzene rings is 9. The fourth-order valence-corrected chi connectivity index (χ4v) is 12.6. The predicted octanol–water partition coefficient (Wildman–Crippen LogP) is 20.2. The summed E-state index contributed by atoms with van der Waals surface area (Å²) < 4.78 is 14.5. The van der Waals surface area contributed by atoms with Gasteiger partial charge in [-0.2, -0.15) is 0 Å². The normalized spacial score (nSPS) is 14.4. The lowest BCUT2D eigenvalue weighted by molar-refractivity contribution is 0.590. The summed E-state index contributed by atoms with van der Waals surface area (Å²) in [5.74, 6) is 0. The van der Waals surface area contributed by atoms with Gasteiger partial charge in [-0.25, -0.2) is 0 Å². The summed E-state index contributed by atoms with van der Waals surface area (Å²) in [7, 11) is 0. The maximum Gasteiger partial charge on any atom is 0.145 e. The molecule has 0 unspecified atom stereocenters. The quantitative estimate of drug-likeness (QED) is 0.166. The van der Waals surface area contributed by atoms with Crippen molar-refractivity contribution in [2.75, 3.05) is 9.80 Å². The van der Waals surface area contributed by atoms with Crippen molar-refractivity contribution in [2.45, 2.75) is 105 Å². The lowest BCUT2D eigenvalue weighted by Gasteiger charge is -2.30. The van der Waals surface area contributed by atoms with E-state index in [1.807, 2.05) is 0 Å². The van der Waals surface area contributed by atoms with E-state index in [1.54, 1.807) is 0 Å². The van der Waals surface area contributed by atoms with E-state index in [0.717, 1.165) is 78.0 Å². The Bertz CT molecular complexity index is 3840. The Morgan fingerprint density at radius 3 is 1.09 bits per heavy atom. The zero-order valence-corrected chi connectivity index (χ0v) is 44.9. The summed E-state index contributed by atoms with van der Waals surface area (Å²) in [6.45, 7) is 27.8. The van der Waals surface area contributed by atoms with E-state index in [2.05, 4.69) is 263 Å². The van der Waals surface area contributed by atoms with E-state index in [1.165, 1.54) is 66.8 Å². The molecule has 0 aliphatic heterocycles. The van der Waals surface area contributed by atoms with Gasteiger partial charge in [0.2, 0.25) is 0 Å². The summed E-state index contributed by atoms with van der Waals surface area (Å²) in [4.78, 5) is 4.94. The molecule has 2 aliphatic carbocycles. The first kappa shape index (κ1) is 46.0. The average Bonchev–Trinajstić information content (AvgIpc) is 4.10. The molecule has 366 valence electrons. The van der Waals surface area contributed by atoms with E-state index in [9.17, 15) is 0 Å². The third kappa shape index (κ3) is 6.66. The summed E-state index contributed by atoms with van der Waals surface area (Å²) in [6.07, 6.45) is 0. The molecule has 13 rings (SSSR count). The van der Waals surface area contributed by atoms with Gasteiger partial charge in [-0.05, 0) is 153 Å². The van der Waals surface area contributed by atoms with E-state index in [0.29, 0.717) is 0 Å². The van der Waals surface area contributed by atoms with Gasteiger partial charge in [-0.1, -0.05) is 166 Å². The number of hydrogen-bond acceptors (Lipinski definition) is 4. The Labute approximate surface area is 435 Å². The maximum atomic E-state index is 7.24. The lowest BCUT2D eigenvalue weighted by Crippen LogP contribution is -2.18. The zero-order valence-electron chi connectivity index (χ0n) is 44.9. The summed E-state index contributed by atoms with van der Waals surface area (Å²) in [5, 5.41) is 4.46. The smallest absolute Gasteiger partial charge is 0.145 e. The first-order valence-corrected chi connectivity index (χ1v) is 26.4. The highest BCUT2D eigenvalue weighted by molar-refractivity contribution is 6.21. The van der Waals surface area contributed by atoms with E-state index < -0.39 is 10.8 Å². The van der Waals surface area contributed by atoms with Crippen molar-refractivity contribution in [3.05, 3.63) is 214 Å². The number of furan rings is 2. The minimum atomic E-state index is -0.393. The molecule has 2 heterocycles. The average molecular weight is 965 g/mol. The van der Waals surface area contributed by atoms with E-state index in [-0.39, 0.29) is 10.8 Å². The third-order valence-electron chi connectivity index (χ3n) is 16.8. The second-order valence-corrected chi connectivity index (χ2v) is 24.3. The van der Waals surface area contributed by atoms with Crippen molar-refractivity contribution < 1.29 is 8.83 Å². The Morgan fingerprint density at radius 2 is 0.730 bits per heavy atom. The molecule has 9 aromatic carbocycles. The minimum absolute atomic E-state index is 0.0256. The molecule has 4 heteroatoms. The topological polar surface area (TPSA) is 32.8 Å². The standard InChI is InChI=1S/C70H64N2O2/c1-41-21-13-17-25-55(41)71(45-33-29-43(30-34-45)67(3,4)5)57-39-53-61(65-63(57)47-23-15-19-27-59(47)73-65)49-37-52-50(38-51(49)69(53,9)10)62-54(70(52,11)12)40-58(64-48-24-16-20-28-60(48)74-66(62)64)72(56-26-18-14-22-42(56)2)46-35-31-44(32-36-46)68(6,7)8/h13-40H,1-12H3. The third-order valence-corrected chi connectivity index (χ3v) is 16.8. The fourth-order valence-electron chi connectivity index (χ4n) is 12.6. The monoisotopic (exact) mass is 964 g/mol. The van der Waals surface area contributed by atoms with Gasteiger partial charge in [0, 0.05) is 55.5 Å². The van der Waals surface area contributed by atoms with Crippen LogP contribution in [-0.2, 0) is 21.7 Å². The van der Waals surface area contributed by atoms with Crippen molar-refractivity contribution in [2.24, 2.45) is 0 Å². The highest BCUT2D eigenvalue weighted by Gasteiger charge is 2.46. The SMILES string of the molecule is Cc1ccccc1N(c1ccc(C(C)(C)C)cc1)c1cc2c(c3oc4ccccc4c13)-c1cc3c(cc1C2(C)C)-c1c(cc(N(c2ccc(C(C)(C)C)cc2)c2ccccc2C)c2c1oc1ccccc12)C3(C)C. The van der Waals surface area contributed by atoms with Crippen LogP contribution in [0, 0.1) is 13.8 Å². The van der Waals surface area contributed by atoms with Crippen LogP contribution in [0.5, 0.6) is 0 Å². The molecule has 4 nitrogen and oxygen atoms in total. The Kier molecular flexibility index (Phi) is 9.85. The number of aryl methyl sites for hydroxylation is 2. The van der Waals surface area contributed by atoms with Gasteiger partial charge in [0.1, 0.15) is 22.3 Å². The molecule has 2 aromatic heterocycles. The molecule has 0 saturated carbocycles. The lowest BCUT2D eigenvalue weighted by atomic mass is 9.79. The molecule has 0 amide bonds. The molecule has 0 spiro atoms. The number of hydrogen-bond donors (Lipinski definition) is 0. The second-order valence-electron chi connectivity index (χ2n) is 24.3. The van der Waals surface area contributed by atoms with Crippen molar-refractivity contribution in [1.29, 1.82) is 0 Å². The molecular formula is C70H64N2O2. The van der Waals surface area contributed by atoms with Crippen LogP contribution in [-0.4, -0.2) is 0 Å². The Balaban J connectivity index is 1.06. The van der Waals surface area contributed by atoms with Gasteiger partial charge >= 0.3 is 0 Å². The number of fused-ring (bicyclic) bond motifs is 14. The summed E-state index contributed by atoms with van der Waals surface area (Å²) >= 11 is 0. The highest BCUT2D eigenvalue weighted by atomic mass is 16.3. The molecule has 0 radical (unpaired) electrons. The first-order chi connectivity index (χ1) is 35.3. The van der Waals surface area contributed by atoms with Gasteiger partial charge in [0.25, 0.3) is 0 Å². The largest absolute Gasteiger partial charge is 0.455 e. The number of rotatable bonds is 6. The van der Waals surface area contributed by atoms with Crippen LogP contribution in [0.3, 0.4) is 0 Å². The second kappa shape index (κ2) is 15.8. The van der Waals surface area contributed by atoms with Crippen LogP contribution in [0.2, 0.25) is 0 Å². The molecule has 74 heavy (non-hydrogen) atoms.